The van der Waals surface area contributed by atoms with E-state index in [2.05, 4.69) is 0 Å². The molecule has 1 saturated heterocycles. The third kappa shape index (κ3) is 4.30. The first kappa shape index (κ1) is 24.7. The van der Waals surface area contributed by atoms with Crippen molar-refractivity contribution in [3.05, 3.63) is 53.0 Å². The smallest absolute Gasteiger partial charge is 0.369 e. The summed E-state index contributed by atoms with van der Waals surface area (Å²) in [6.07, 6.45) is -6.82. The zero-order valence-corrected chi connectivity index (χ0v) is 18.0. The highest BCUT2D eigenvalue weighted by Gasteiger charge is 2.71. The predicted molar refractivity (Wildman–Crippen MR) is 110 cm³/mol. The van der Waals surface area contributed by atoms with Gasteiger partial charge < -0.3 is 10.0 Å². The minimum atomic E-state index is -5.96. The Balaban J connectivity index is 1.75. The number of hydrogen-bond acceptors (Lipinski definition) is 5. The van der Waals surface area contributed by atoms with Crippen LogP contribution in [-0.4, -0.2) is 61.2 Å². The van der Waals surface area contributed by atoms with Crippen molar-refractivity contribution in [2.24, 2.45) is 0 Å². The SMILES string of the molecule is O=S(=O)(C1=CC=CCC1=S)N1CCN(c2ccc(C(O)(C(F)(F)F)C(F)(F)F)cc2)CC1. The Kier molecular flexibility index (Phi) is 6.50. The highest BCUT2D eigenvalue weighted by molar-refractivity contribution is 7.96. The first-order chi connectivity index (χ1) is 14.7. The van der Waals surface area contributed by atoms with Gasteiger partial charge in [-0.25, -0.2) is 8.42 Å². The molecule has 1 aliphatic heterocycles. The van der Waals surface area contributed by atoms with Gasteiger partial charge in [-0.1, -0.05) is 36.5 Å². The maximum absolute atomic E-state index is 13.0. The van der Waals surface area contributed by atoms with Gasteiger partial charge in [-0.3, -0.25) is 0 Å². The molecule has 0 amide bonds. The van der Waals surface area contributed by atoms with Crippen LogP contribution in [0.15, 0.2) is 47.4 Å². The number of anilines is 1. The number of rotatable bonds is 4. The zero-order chi connectivity index (χ0) is 23.9. The number of halogens is 6. The summed E-state index contributed by atoms with van der Waals surface area (Å²) in [7, 11) is -3.81. The van der Waals surface area contributed by atoms with E-state index in [1.165, 1.54) is 10.4 Å². The van der Waals surface area contributed by atoms with Crippen LogP contribution in [0, 0.1) is 0 Å². The molecule has 1 aromatic rings. The first-order valence-corrected chi connectivity index (χ1v) is 11.2. The Morgan fingerprint density at radius 2 is 1.44 bits per heavy atom. The first-order valence-electron chi connectivity index (χ1n) is 9.31. The number of nitrogens with zero attached hydrogens (tertiary/aromatic N) is 2. The molecule has 13 heteroatoms. The molecular weight excluding hydrogens is 482 g/mol. The topological polar surface area (TPSA) is 60.9 Å². The van der Waals surface area contributed by atoms with Crippen LogP contribution in [0.25, 0.3) is 0 Å². The van der Waals surface area contributed by atoms with E-state index >= 15 is 0 Å². The van der Waals surface area contributed by atoms with Gasteiger partial charge in [0.25, 0.3) is 5.60 Å². The molecule has 3 rings (SSSR count). The highest BCUT2D eigenvalue weighted by atomic mass is 32.2. The molecule has 1 aromatic carbocycles. The number of thiocarbonyl (C=S) groups is 1. The van der Waals surface area contributed by atoms with E-state index in [9.17, 15) is 39.9 Å². The van der Waals surface area contributed by atoms with Gasteiger partial charge in [0.05, 0.1) is 4.91 Å². The third-order valence-corrected chi connectivity index (χ3v) is 7.79. The molecule has 2 aliphatic rings. The molecule has 1 aliphatic carbocycles. The van der Waals surface area contributed by atoms with E-state index < -0.39 is 33.5 Å². The number of aliphatic hydroxyl groups is 1. The van der Waals surface area contributed by atoms with Crippen LogP contribution >= 0.6 is 12.2 Å². The van der Waals surface area contributed by atoms with Crippen LogP contribution in [0.5, 0.6) is 0 Å². The Morgan fingerprint density at radius 1 is 0.906 bits per heavy atom. The molecule has 0 atom stereocenters. The van der Waals surface area contributed by atoms with Gasteiger partial charge in [0.1, 0.15) is 0 Å². The molecule has 1 N–H and O–H groups in total. The summed E-state index contributed by atoms with van der Waals surface area (Å²) >= 11 is 5.12. The molecule has 0 saturated carbocycles. The quantitative estimate of drug-likeness (QED) is 0.505. The van der Waals surface area contributed by atoms with Crippen molar-refractivity contribution in [2.75, 3.05) is 31.1 Å². The van der Waals surface area contributed by atoms with Crippen LogP contribution in [0.2, 0.25) is 0 Å². The van der Waals surface area contributed by atoms with E-state index in [4.69, 9.17) is 12.2 Å². The maximum atomic E-state index is 13.0. The fourth-order valence-electron chi connectivity index (χ4n) is 3.48. The van der Waals surface area contributed by atoms with Crippen LogP contribution in [0.3, 0.4) is 0 Å². The van der Waals surface area contributed by atoms with E-state index in [0.29, 0.717) is 29.1 Å². The molecule has 0 bridgehead atoms. The molecule has 1 fully saturated rings. The van der Waals surface area contributed by atoms with Crippen LogP contribution in [-0.2, 0) is 15.6 Å². The van der Waals surface area contributed by atoms with Crippen LogP contribution in [0.4, 0.5) is 32.0 Å². The molecule has 0 radical (unpaired) electrons. The summed E-state index contributed by atoms with van der Waals surface area (Å²) in [6.45, 7) is 0.445. The summed E-state index contributed by atoms with van der Waals surface area (Å²) in [5, 5.41) is 9.47. The second kappa shape index (κ2) is 8.43. The lowest BCUT2D eigenvalue weighted by Gasteiger charge is -2.36. The van der Waals surface area contributed by atoms with E-state index in [1.54, 1.807) is 17.1 Å². The van der Waals surface area contributed by atoms with Crippen molar-refractivity contribution in [2.45, 2.75) is 24.4 Å². The minimum absolute atomic E-state index is 0.0476. The van der Waals surface area contributed by atoms with Gasteiger partial charge in [0, 0.05) is 48.7 Å². The highest BCUT2D eigenvalue weighted by Crippen LogP contribution is 2.50. The summed E-state index contributed by atoms with van der Waals surface area (Å²) < 4.78 is 105. The van der Waals surface area contributed by atoms with Gasteiger partial charge in [-0.2, -0.15) is 30.6 Å². The standard InChI is InChI=1S/C19H18F6N2O3S2/c20-18(21,22)17(28,19(23,24)25)13-5-7-14(8-6-13)26-9-11-27(12-10-26)32(29,30)16-4-2-1-3-15(16)31/h1-2,4-8,28H,3,9-12H2. The number of piperazine rings is 1. The van der Waals surface area contributed by atoms with Crippen molar-refractivity contribution >= 4 is 32.8 Å². The van der Waals surface area contributed by atoms with Crippen molar-refractivity contribution in [1.82, 2.24) is 4.31 Å². The third-order valence-electron chi connectivity index (χ3n) is 5.29. The summed E-state index contributed by atoms with van der Waals surface area (Å²) in [6, 6.07) is 3.20. The molecular formula is C19H18F6N2O3S2. The average molecular weight is 500 g/mol. The van der Waals surface area contributed by atoms with Gasteiger partial charge in [0.15, 0.2) is 0 Å². The number of benzene rings is 1. The lowest BCUT2D eigenvalue weighted by atomic mass is 9.92. The minimum Gasteiger partial charge on any atom is -0.369 e. The fourth-order valence-corrected chi connectivity index (χ4v) is 5.51. The monoisotopic (exact) mass is 500 g/mol. The lowest BCUT2D eigenvalue weighted by molar-refractivity contribution is -0.376. The Morgan fingerprint density at radius 3 is 1.91 bits per heavy atom. The molecule has 32 heavy (non-hydrogen) atoms. The number of hydrogen-bond donors (Lipinski definition) is 1. The van der Waals surface area contributed by atoms with E-state index in [-0.39, 0.29) is 31.1 Å². The molecule has 0 spiro atoms. The van der Waals surface area contributed by atoms with Gasteiger partial charge in [0.2, 0.25) is 10.0 Å². The molecule has 0 unspecified atom stereocenters. The lowest BCUT2D eigenvalue weighted by Crippen LogP contribution is -2.54. The van der Waals surface area contributed by atoms with E-state index in [0.717, 1.165) is 12.1 Å². The van der Waals surface area contributed by atoms with Crippen molar-refractivity contribution in [1.29, 1.82) is 0 Å². The second-order valence-corrected chi connectivity index (χ2v) is 9.63. The fraction of sp³-hybridized carbons (Fsp3) is 0.421. The normalized spacial score (nSPS) is 19.3. The van der Waals surface area contributed by atoms with Gasteiger partial charge in [-0.15, -0.1) is 0 Å². The Bertz CT molecular complexity index is 1020. The van der Waals surface area contributed by atoms with Crippen LogP contribution < -0.4 is 4.90 Å². The van der Waals surface area contributed by atoms with Crippen molar-refractivity contribution in [3.63, 3.8) is 0 Å². The maximum Gasteiger partial charge on any atom is 0.430 e. The Hall–Kier alpha value is -1.96. The molecule has 1 heterocycles. The molecule has 176 valence electrons. The molecule has 5 nitrogen and oxygen atoms in total. The molecule has 0 aromatic heterocycles. The summed E-state index contributed by atoms with van der Waals surface area (Å²) in [4.78, 5) is 1.97. The van der Waals surface area contributed by atoms with Gasteiger partial charge in [-0.05, 0) is 18.2 Å². The number of allylic oxidation sites excluding steroid dienone is 4. The average Bonchev–Trinajstić information content (AvgIpc) is 2.72. The van der Waals surface area contributed by atoms with Crippen LogP contribution in [0.1, 0.15) is 12.0 Å². The second-order valence-electron chi connectivity index (χ2n) is 7.23. The number of alkyl halides is 6. The van der Waals surface area contributed by atoms with Gasteiger partial charge >= 0.3 is 12.4 Å². The predicted octanol–water partition coefficient (Wildman–Crippen LogP) is 3.66. The van der Waals surface area contributed by atoms with Crippen molar-refractivity contribution in [3.8, 4) is 0 Å². The largest absolute Gasteiger partial charge is 0.430 e. The summed E-state index contributed by atoms with van der Waals surface area (Å²) in [5.41, 5.74) is -6.05. The van der Waals surface area contributed by atoms with Crippen molar-refractivity contribution < 1.29 is 39.9 Å². The Labute approximate surface area is 185 Å². The number of sulfonamides is 1. The zero-order valence-electron chi connectivity index (χ0n) is 16.3. The van der Waals surface area contributed by atoms with E-state index in [1.807, 2.05) is 0 Å². The summed E-state index contributed by atoms with van der Waals surface area (Å²) in [5.74, 6) is 0.